The summed E-state index contributed by atoms with van der Waals surface area (Å²) in [6.07, 6.45) is 0.315. The van der Waals surface area contributed by atoms with Crippen molar-refractivity contribution in [2.24, 2.45) is 0 Å². The van der Waals surface area contributed by atoms with Crippen LogP contribution in [0, 0.1) is 0 Å². The van der Waals surface area contributed by atoms with Crippen LogP contribution in [-0.4, -0.2) is 35.6 Å². The SMILES string of the molecule is CCN1CCc2scc(NC(=O)OC(C)(C)C)c2C1=O. The summed E-state index contributed by atoms with van der Waals surface area (Å²) in [7, 11) is 0. The number of hydrogen-bond acceptors (Lipinski definition) is 4. The van der Waals surface area contributed by atoms with E-state index in [9.17, 15) is 9.59 Å². The van der Waals surface area contributed by atoms with E-state index < -0.39 is 11.7 Å². The van der Waals surface area contributed by atoms with Crippen molar-refractivity contribution >= 4 is 29.0 Å². The van der Waals surface area contributed by atoms with Crippen molar-refractivity contribution in [3.63, 3.8) is 0 Å². The van der Waals surface area contributed by atoms with E-state index >= 15 is 0 Å². The van der Waals surface area contributed by atoms with Crippen molar-refractivity contribution in [2.45, 2.75) is 39.7 Å². The number of hydrogen-bond donors (Lipinski definition) is 1. The number of likely N-dealkylation sites (N-methyl/N-ethyl adjacent to an activating group) is 1. The van der Waals surface area contributed by atoms with Crippen LogP contribution in [0.2, 0.25) is 0 Å². The molecule has 1 aromatic rings. The first-order valence-corrected chi connectivity index (χ1v) is 7.59. The number of amides is 2. The fourth-order valence-corrected chi connectivity index (χ4v) is 3.08. The Morgan fingerprint density at radius 3 is 2.80 bits per heavy atom. The third-order valence-corrected chi connectivity index (χ3v) is 4.04. The Morgan fingerprint density at radius 2 is 2.20 bits per heavy atom. The molecule has 0 radical (unpaired) electrons. The summed E-state index contributed by atoms with van der Waals surface area (Å²) in [4.78, 5) is 27.0. The fraction of sp³-hybridized carbons (Fsp3) is 0.571. The predicted octanol–water partition coefficient (Wildman–Crippen LogP) is 3.11. The molecule has 0 saturated carbocycles. The monoisotopic (exact) mass is 296 g/mol. The zero-order valence-electron chi connectivity index (χ0n) is 12.3. The molecular formula is C14H20N2O3S. The molecule has 0 aromatic carbocycles. The van der Waals surface area contributed by atoms with Gasteiger partial charge in [0.05, 0.1) is 11.3 Å². The number of carbonyl (C=O) groups is 2. The molecule has 0 aliphatic carbocycles. The highest BCUT2D eigenvalue weighted by molar-refractivity contribution is 7.11. The van der Waals surface area contributed by atoms with E-state index in [4.69, 9.17) is 4.74 Å². The van der Waals surface area contributed by atoms with Gasteiger partial charge in [-0.3, -0.25) is 10.1 Å². The number of anilines is 1. The molecule has 1 aromatic heterocycles. The van der Waals surface area contributed by atoms with Crippen molar-refractivity contribution in [3.8, 4) is 0 Å². The number of ether oxygens (including phenoxy) is 1. The highest BCUT2D eigenvalue weighted by Gasteiger charge is 2.29. The maximum Gasteiger partial charge on any atom is 0.412 e. The van der Waals surface area contributed by atoms with Crippen LogP contribution in [0.5, 0.6) is 0 Å². The second-order valence-corrected chi connectivity index (χ2v) is 6.67. The van der Waals surface area contributed by atoms with E-state index in [-0.39, 0.29) is 5.91 Å². The Hall–Kier alpha value is -1.56. The van der Waals surface area contributed by atoms with Crippen LogP contribution in [0.3, 0.4) is 0 Å². The molecule has 2 amide bonds. The summed E-state index contributed by atoms with van der Waals surface area (Å²) >= 11 is 1.51. The number of fused-ring (bicyclic) bond motifs is 1. The zero-order chi connectivity index (χ0) is 14.9. The Kier molecular flexibility index (Phi) is 4.04. The summed E-state index contributed by atoms with van der Waals surface area (Å²) in [5.41, 5.74) is 0.621. The molecule has 20 heavy (non-hydrogen) atoms. The van der Waals surface area contributed by atoms with Crippen LogP contribution in [0.4, 0.5) is 10.5 Å². The van der Waals surface area contributed by atoms with E-state index in [1.54, 1.807) is 25.7 Å². The molecule has 1 aliphatic heterocycles. The topological polar surface area (TPSA) is 58.6 Å². The summed E-state index contributed by atoms with van der Waals surface area (Å²) in [6, 6.07) is 0. The fourth-order valence-electron chi connectivity index (χ4n) is 2.12. The van der Waals surface area contributed by atoms with Gasteiger partial charge in [0.25, 0.3) is 5.91 Å². The summed E-state index contributed by atoms with van der Waals surface area (Å²) in [5.74, 6) is -0.0129. The summed E-state index contributed by atoms with van der Waals surface area (Å²) in [5, 5.41) is 4.49. The predicted molar refractivity (Wildman–Crippen MR) is 79.5 cm³/mol. The van der Waals surface area contributed by atoms with Gasteiger partial charge in [0.15, 0.2) is 0 Å². The summed E-state index contributed by atoms with van der Waals surface area (Å²) in [6.45, 7) is 8.80. The Bertz CT molecular complexity index is 531. The minimum absolute atomic E-state index is 0.0129. The molecule has 2 heterocycles. The van der Waals surface area contributed by atoms with Gasteiger partial charge < -0.3 is 9.64 Å². The quantitative estimate of drug-likeness (QED) is 0.912. The lowest BCUT2D eigenvalue weighted by Gasteiger charge is -2.26. The third kappa shape index (κ3) is 3.12. The van der Waals surface area contributed by atoms with Crippen LogP contribution in [0.15, 0.2) is 5.38 Å². The highest BCUT2D eigenvalue weighted by atomic mass is 32.1. The molecule has 0 fully saturated rings. The van der Waals surface area contributed by atoms with E-state index in [0.29, 0.717) is 17.8 Å². The molecule has 1 N–H and O–H groups in total. The molecule has 110 valence electrons. The van der Waals surface area contributed by atoms with Gasteiger partial charge in [-0.05, 0) is 27.7 Å². The average Bonchev–Trinajstić information content (AvgIpc) is 2.71. The van der Waals surface area contributed by atoms with Crippen molar-refractivity contribution in [1.29, 1.82) is 0 Å². The van der Waals surface area contributed by atoms with Crippen molar-refractivity contribution in [2.75, 3.05) is 18.4 Å². The van der Waals surface area contributed by atoms with Gasteiger partial charge in [-0.15, -0.1) is 11.3 Å². The molecule has 0 saturated heterocycles. The molecule has 1 aliphatic rings. The Morgan fingerprint density at radius 1 is 1.50 bits per heavy atom. The number of rotatable bonds is 2. The van der Waals surface area contributed by atoms with E-state index in [2.05, 4.69) is 5.32 Å². The number of nitrogens with one attached hydrogen (secondary N) is 1. The minimum atomic E-state index is -0.556. The van der Waals surface area contributed by atoms with Crippen molar-refractivity contribution in [3.05, 3.63) is 15.8 Å². The van der Waals surface area contributed by atoms with Crippen LogP contribution >= 0.6 is 11.3 Å². The van der Waals surface area contributed by atoms with Crippen LogP contribution in [0.1, 0.15) is 42.9 Å². The molecule has 2 rings (SSSR count). The second-order valence-electron chi connectivity index (χ2n) is 5.71. The molecule has 5 nitrogen and oxygen atoms in total. The number of carbonyl (C=O) groups excluding carboxylic acids is 2. The largest absolute Gasteiger partial charge is 0.444 e. The van der Waals surface area contributed by atoms with Gasteiger partial charge in [-0.2, -0.15) is 0 Å². The molecule has 0 spiro atoms. The van der Waals surface area contributed by atoms with Gasteiger partial charge in [0, 0.05) is 29.8 Å². The third-order valence-electron chi connectivity index (χ3n) is 2.99. The molecule has 0 atom stereocenters. The Labute approximate surface area is 122 Å². The van der Waals surface area contributed by atoms with E-state index in [0.717, 1.165) is 17.8 Å². The van der Waals surface area contributed by atoms with Crippen molar-refractivity contribution in [1.82, 2.24) is 4.90 Å². The van der Waals surface area contributed by atoms with Gasteiger partial charge in [0.2, 0.25) is 0 Å². The van der Waals surface area contributed by atoms with E-state index in [1.807, 2.05) is 12.3 Å². The first-order chi connectivity index (χ1) is 9.31. The van der Waals surface area contributed by atoms with Gasteiger partial charge in [-0.1, -0.05) is 0 Å². The lowest BCUT2D eigenvalue weighted by atomic mass is 10.1. The minimum Gasteiger partial charge on any atom is -0.444 e. The number of nitrogens with zero attached hydrogens (tertiary/aromatic N) is 1. The smallest absolute Gasteiger partial charge is 0.412 e. The molecular weight excluding hydrogens is 276 g/mol. The zero-order valence-corrected chi connectivity index (χ0v) is 13.1. The molecule has 0 unspecified atom stereocenters. The highest BCUT2D eigenvalue weighted by Crippen LogP contribution is 2.32. The molecule has 0 bridgehead atoms. The van der Waals surface area contributed by atoms with Gasteiger partial charge in [0.1, 0.15) is 5.60 Å². The first kappa shape index (κ1) is 14.8. The van der Waals surface area contributed by atoms with Crippen molar-refractivity contribution < 1.29 is 14.3 Å². The van der Waals surface area contributed by atoms with Crippen LogP contribution in [0.25, 0.3) is 0 Å². The standard InChI is InChI=1S/C14H20N2O3S/c1-5-16-7-6-10-11(12(16)17)9(8-20-10)15-13(18)19-14(2,3)4/h8H,5-7H2,1-4H3,(H,15,18). The van der Waals surface area contributed by atoms with E-state index in [1.165, 1.54) is 11.3 Å². The Balaban J connectivity index is 2.17. The second kappa shape index (κ2) is 5.44. The average molecular weight is 296 g/mol. The normalized spacial score (nSPS) is 15.0. The maximum absolute atomic E-state index is 12.3. The van der Waals surface area contributed by atoms with Gasteiger partial charge in [-0.25, -0.2) is 4.79 Å². The lowest BCUT2D eigenvalue weighted by molar-refractivity contribution is 0.0636. The lowest BCUT2D eigenvalue weighted by Crippen LogP contribution is -2.37. The van der Waals surface area contributed by atoms with Crippen LogP contribution in [-0.2, 0) is 11.2 Å². The van der Waals surface area contributed by atoms with Crippen LogP contribution < -0.4 is 5.32 Å². The number of thiophene rings is 1. The molecule has 6 heteroatoms. The first-order valence-electron chi connectivity index (χ1n) is 6.71. The summed E-state index contributed by atoms with van der Waals surface area (Å²) < 4.78 is 5.22. The van der Waals surface area contributed by atoms with Gasteiger partial charge >= 0.3 is 6.09 Å². The maximum atomic E-state index is 12.3.